The molecule has 0 amide bonds. The van der Waals surface area contributed by atoms with E-state index in [4.69, 9.17) is 1.37 Å². The fraction of sp³-hybridized carbons (Fsp3) is 0. The van der Waals surface area contributed by atoms with E-state index in [1.54, 1.807) is 0 Å². The third-order valence-corrected chi connectivity index (χ3v) is 12.4. The van der Waals surface area contributed by atoms with Crippen LogP contribution in [0.4, 0.5) is 0 Å². The van der Waals surface area contributed by atoms with Crippen molar-refractivity contribution in [3.05, 3.63) is 206 Å². The first kappa shape index (κ1) is 30.6. The molecule has 256 valence electrons. The summed E-state index contributed by atoms with van der Waals surface area (Å²) in [5, 5.41) is 9.83. The summed E-state index contributed by atoms with van der Waals surface area (Å²) in [4.78, 5) is 0. The van der Waals surface area contributed by atoms with Crippen molar-refractivity contribution in [1.29, 1.82) is 0 Å². The number of rotatable bonds is 5. The van der Waals surface area contributed by atoms with E-state index in [-0.39, 0.29) is 0 Å². The van der Waals surface area contributed by atoms with Gasteiger partial charge in [0, 0.05) is 20.2 Å². The van der Waals surface area contributed by atoms with E-state index in [1.807, 2.05) is 29.5 Å². The number of hydrogen-bond acceptors (Lipinski definition) is 1. The molecule has 0 saturated carbocycles. The molecular weight excluding hydrogens is 681 g/mol. The van der Waals surface area contributed by atoms with Crippen molar-refractivity contribution in [3.8, 4) is 55.6 Å². The minimum atomic E-state index is 0.537. The fourth-order valence-electron chi connectivity index (χ4n) is 8.70. The van der Waals surface area contributed by atoms with Crippen molar-refractivity contribution in [2.24, 2.45) is 0 Å². The summed E-state index contributed by atoms with van der Waals surface area (Å²) in [6, 6.07) is 73.2. The average molecular weight is 716 g/mol. The van der Waals surface area contributed by atoms with Gasteiger partial charge >= 0.3 is 0 Å². The Balaban J connectivity index is 1.12. The second-order valence-electron chi connectivity index (χ2n) is 14.3. The molecule has 11 rings (SSSR count). The predicted molar refractivity (Wildman–Crippen MR) is 239 cm³/mol. The van der Waals surface area contributed by atoms with Crippen LogP contribution in [0.3, 0.4) is 0 Å². The summed E-state index contributed by atoms with van der Waals surface area (Å²) in [5.41, 5.74) is 12.3. The Hall–Kier alpha value is -6.80. The van der Waals surface area contributed by atoms with Crippen LogP contribution in [0.25, 0.3) is 108 Å². The molecule has 0 radical (unpaired) electrons. The summed E-state index contributed by atoms with van der Waals surface area (Å²) in [7, 11) is 0. The van der Waals surface area contributed by atoms with Crippen LogP contribution in [0.2, 0.25) is 0 Å². The molecule has 0 unspecified atom stereocenters. The standard InChI is InChI=1S/C54H34S/c1-2-15-37(16-3-1)41-32-33-48(53-49-24-12-13-25-50(49)55-54(41)53)42-18-6-7-19-43(42)52-46-22-10-8-20-44(46)51(45-21-9-11-23-47(45)52)38-29-26-36(27-30-38)40-31-28-35-14-4-5-17-39(35)34-40/h1-34H/i4D. The Morgan fingerprint density at radius 1 is 0.327 bits per heavy atom. The lowest BCUT2D eigenvalue weighted by Crippen LogP contribution is -1.93. The Morgan fingerprint density at radius 2 is 0.909 bits per heavy atom. The number of benzene rings is 10. The first-order valence-electron chi connectivity index (χ1n) is 19.3. The quantitative estimate of drug-likeness (QED) is 0.156. The molecule has 0 N–H and O–H groups in total. The van der Waals surface area contributed by atoms with Crippen LogP contribution in [0.15, 0.2) is 206 Å². The van der Waals surface area contributed by atoms with Gasteiger partial charge in [-0.1, -0.05) is 194 Å². The van der Waals surface area contributed by atoms with Crippen LogP contribution in [-0.2, 0) is 0 Å². The molecule has 0 aliphatic heterocycles. The summed E-state index contributed by atoms with van der Waals surface area (Å²) >= 11 is 1.89. The summed E-state index contributed by atoms with van der Waals surface area (Å²) in [6.07, 6.45) is 0. The van der Waals surface area contributed by atoms with Crippen LogP contribution >= 0.6 is 11.3 Å². The van der Waals surface area contributed by atoms with Crippen LogP contribution in [-0.4, -0.2) is 0 Å². The SMILES string of the molecule is [2H]c1ccc2cc(-c3ccc(-c4c5ccccc5c(-c5ccccc5-c5ccc(-c6ccccc6)c6sc7ccccc7c56)c5ccccc45)cc3)ccc2c1. The zero-order valence-electron chi connectivity index (χ0n) is 31.0. The van der Waals surface area contributed by atoms with Crippen LogP contribution < -0.4 is 0 Å². The maximum Gasteiger partial charge on any atom is 0.0623 e. The van der Waals surface area contributed by atoms with Crippen molar-refractivity contribution < 1.29 is 1.37 Å². The van der Waals surface area contributed by atoms with Gasteiger partial charge in [-0.3, -0.25) is 0 Å². The largest absolute Gasteiger partial charge is 0.135 e. The molecule has 0 spiro atoms. The van der Waals surface area contributed by atoms with Gasteiger partial charge in [0.05, 0.1) is 1.37 Å². The Bertz CT molecular complexity index is 3240. The minimum absolute atomic E-state index is 0.537. The van der Waals surface area contributed by atoms with E-state index in [9.17, 15) is 0 Å². The molecule has 0 nitrogen and oxygen atoms in total. The average Bonchev–Trinajstić information content (AvgIpc) is 3.65. The molecule has 55 heavy (non-hydrogen) atoms. The number of fused-ring (bicyclic) bond motifs is 6. The van der Waals surface area contributed by atoms with Gasteiger partial charge in [0.25, 0.3) is 0 Å². The first-order valence-corrected chi connectivity index (χ1v) is 19.7. The fourth-order valence-corrected chi connectivity index (χ4v) is 9.96. The van der Waals surface area contributed by atoms with Crippen molar-refractivity contribution in [2.45, 2.75) is 0 Å². The summed E-state index contributed by atoms with van der Waals surface area (Å²) < 4.78 is 10.6. The van der Waals surface area contributed by atoms with Crippen molar-refractivity contribution in [1.82, 2.24) is 0 Å². The monoisotopic (exact) mass is 715 g/mol. The van der Waals surface area contributed by atoms with Crippen LogP contribution in [0, 0.1) is 0 Å². The normalized spacial score (nSPS) is 11.9. The van der Waals surface area contributed by atoms with Gasteiger partial charge in [-0.05, 0) is 100 Å². The van der Waals surface area contributed by atoms with Crippen molar-refractivity contribution in [3.63, 3.8) is 0 Å². The highest BCUT2D eigenvalue weighted by Crippen LogP contribution is 2.50. The molecule has 0 aliphatic carbocycles. The van der Waals surface area contributed by atoms with E-state index in [0.29, 0.717) is 6.04 Å². The van der Waals surface area contributed by atoms with E-state index in [1.165, 1.54) is 97.4 Å². The molecule has 11 aromatic rings. The molecule has 0 aliphatic rings. The zero-order valence-corrected chi connectivity index (χ0v) is 30.8. The van der Waals surface area contributed by atoms with Gasteiger partial charge in [0.1, 0.15) is 0 Å². The lowest BCUT2D eigenvalue weighted by atomic mass is 9.83. The summed E-state index contributed by atoms with van der Waals surface area (Å²) in [5.74, 6) is 0. The third-order valence-electron chi connectivity index (χ3n) is 11.2. The summed E-state index contributed by atoms with van der Waals surface area (Å²) in [6.45, 7) is 0. The molecule has 10 aromatic carbocycles. The minimum Gasteiger partial charge on any atom is -0.135 e. The lowest BCUT2D eigenvalue weighted by molar-refractivity contribution is 1.62. The van der Waals surface area contributed by atoms with Gasteiger partial charge < -0.3 is 0 Å². The first-order chi connectivity index (χ1) is 27.7. The second-order valence-corrected chi connectivity index (χ2v) is 15.3. The van der Waals surface area contributed by atoms with E-state index >= 15 is 0 Å². The molecule has 0 atom stereocenters. The highest BCUT2D eigenvalue weighted by molar-refractivity contribution is 7.26. The highest BCUT2D eigenvalue weighted by atomic mass is 32.1. The van der Waals surface area contributed by atoms with Gasteiger partial charge in [-0.2, -0.15) is 0 Å². The Kier molecular flexibility index (Phi) is 7.21. The van der Waals surface area contributed by atoms with Gasteiger partial charge in [-0.25, -0.2) is 0 Å². The Labute approximate surface area is 325 Å². The maximum atomic E-state index is 8.01. The third kappa shape index (κ3) is 5.20. The topological polar surface area (TPSA) is 0 Å². The second kappa shape index (κ2) is 13.0. The van der Waals surface area contributed by atoms with Gasteiger partial charge in [0.2, 0.25) is 0 Å². The van der Waals surface area contributed by atoms with E-state index < -0.39 is 0 Å². The number of hydrogen-bond donors (Lipinski definition) is 0. The molecule has 0 saturated heterocycles. The van der Waals surface area contributed by atoms with Crippen molar-refractivity contribution >= 4 is 63.8 Å². The van der Waals surface area contributed by atoms with Crippen molar-refractivity contribution in [2.75, 3.05) is 0 Å². The highest BCUT2D eigenvalue weighted by Gasteiger charge is 2.21. The molecule has 0 fully saturated rings. The number of thiophene rings is 1. The molecular formula is C54H34S. The predicted octanol–water partition coefficient (Wildman–Crippen LogP) is 15.8. The Morgan fingerprint density at radius 3 is 1.65 bits per heavy atom. The van der Waals surface area contributed by atoms with E-state index in [2.05, 4.69) is 182 Å². The van der Waals surface area contributed by atoms with Gasteiger partial charge in [-0.15, -0.1) is 11.3 Å². The molecule has 1 heteroatoms. The van der Waals surface area contributed by atoms with Crippen LogP contribution in [0.5, 0.6) is 0 Å². The maximum absolute atomic E-state index is 8.01. The van der Waals surface area contributed by atoms with Crippen LogP contribution in [0.1, 0.15) is 1.37 Å². The molecule has 1 aromatic heterocycles. The smallest absolute Gasteiger partial charge is 0.0623 e. The van der Waals surface area contributed by atoms with E-state index in [0.717, 1.165) is 10.8 Å². The zero-order chi connectivity index (χ0) is 37.2. The van der Waals surface area contributed by atoms with Gasteiger partial charge in [0.15, 0.2) is 0 Å². The lowest BCUT2D eigenvalue weighted by Gasteiger charge is -2.20. The molecule has 0 bridgehead atoms. The molecule has 1 heterocycles.